The van der Waals surface area contributed by atoms with Gasteiger partial charge >= 0.3 is 0 Å². The molecule has 2 aliphatic rings. The molecule has 6 heteroatoms. The summed E-state index contributed by atoms with van der Waals surface area (Å²) in [5.74, 6) is -1.53. The fourth-order valence-electron chi connectivity index (χ4n) is 2.73. The predicted octanol–water partition coefficient (Wildman–Crippen LogP) is -1.16. The highest BCUT2D eigenvalue weighted by molar-refractivity contribution is 5.35. The smallest absolute Gasteiger partial charge is 0.225 e. The number of hydrogen-bond acceptors (Lipinski definition) is 6. The Morgan fingerprint density at radius 1 is 1.16 bits per heavy atom. The summed E-state index contributed by atoms with van der Waals surface area (Å²) in [7, 11) is 0. The van der Waals surface area contributed by atoms with Gasteiger partial charge in [0.1, 0.15) is 24.4 Å². The maximum absolute atomic E-state index is 10.2. The number of fused-ring (bicyclic) bond motifs is 2. The van der Waals surface area contributed by atoms with Crippen molar-refractivity contribution in [2.75, 3.05) is 6.61 Å². The van der Waals surface area contributed by atoms with E-state index in [-0.39, 0.29) is 6.61 Å². The van der Waals surface area contributed by atoms with Crippen LogP contribution in [-0.2, 0) is 21.9 Å². The Hall–Kier alpha value is -1.02. The number of ether oxygens (including phenoxy) is 2. The normalized spacial score (nSPS) is 41.5. The minimum Gasteiger partial charge on any atom is -0.394 e. The molecular formula is C13H16O6. The van der Waals surface area contributed by atoms with Gasteiger partial charge in [0.15, 0.2) is 0 Å². The van der Waals surface area contributed by atoms with Crippen molar-refractivity contribution in [2.45, 2.75) is 36.8 Å². The predicted molar refractivity (Wildman–Crippen MR) is 62.9 cm³/mol. The molecule has 104 valence electrons. The van der Waals surface area contributed by atoms with Gasteiger partial charge in [-0.3, -0.25) is 0 Å². The fourth-order valence-corrected chi connectivity index (χ4v) is 2.73. The molecule has 0 radical (unpaired) electrons. The molecule has 0 saturated carbocycles. The molecule has 3 rings (SSSR count). The van der Waals surface area contributed by atoms with Crippen molar-refractivity contribution in [3.8, 4) is 0 Å². The summed E-state index contributed by atoms with van der Waals surface area (Å²) in [5.41, 5.74) is 1.47. The van der Waals surface area contributed by atoms with Gasteiger partial charge in [-0.1, -0.05) is 24.3 Å². The zero-order valence-corrected chi connectivity index (χ0v) is 10.1. The molecule has 19 heavy (non-hydrogen) atoms. The average Bonchev–Trinajstić information content (AvgIpc) is 2.81. The van der Waals surface area contributed by atoms with Crippen molar-refractivity contribution in [3.63, 3.8) is 0 Å². The molecule has 1 aromatic carbocycles. The van der Waals surface area contributed by atoms with E-state index in [9.17, 15) is 20.4 Å². The molecular weight excluding hydrogens is 252 g/mol. The first-order chi connectivity index (χ1) is 9.10. The largest absolute Gasteiger partial charge is 0.394 e. The molecule has 1 fully saturated rings. The summed E-state index contributed by atoms with van der Waals surface area (Å²) in [6.07, 6.45) is -5.24. The second-order valence-electron chi connectivity index (χ2n) is 4.88. The lowest BCUT2D eigenvalue weighted by atomic mass is 9.88. The van der Waals surface area contributed by atoms with Crippen molar-refractivity contribution in [1.82, 2.24) is 0 Å². The third kappa shape index (κ3) is 1.73. The summed E-state index contributed by atoms with van der Waals surface area (Å²) in [4.78, 5) is 0. The summed E-state index contributed by atoms with van der Waals surface area (Å²) in [6, 6.07) is 7.19. The van der Waals surface area contributed by atoms with E-state index in [0.29, 0.717) is 5.56 Å². The van der Waals surface area contributed by atoms with Crippen LogP contribution >= 0.6 is 0 Å². The molecule has 5 atom stereocenters. The van der Waals surface area contributed by atoms with Crippen LogP contribution in [0.15, 0.2) is 24.3 Å². The molecule has 1 aromatic rings. The molecule has 0 aliphatic carbocycles. The number of benzene rings is 1. The van der Waals surface area contributed by atoms with Gasteiger partial charge in [-0.15, -0.1) is 0 Å². The highest BCUT2D eigenvalue weighted by Gasteiger charge is 2.58. The van der Waals surface area contributed by atoms with Gasteiger partial charge in [0.2, 0.25) is 5.79 Å². The van der Waals surface area contributed by atoms with Gasteiger partial charge in [0.05, 0.1) is 13.2 Å². The zero-order chi connectivity index (χ0) is 13.6. The monoisotopic (exact) mass is 268 g/mol. The Kier molecular flexibility index (Phi) is 3.09. The van der Waals surface area contributed by atoms with Gasteiger partial charge in [0, 0.05) is 5.56 Å². The van der Waals surface area contributed by atoms with Crippen molar-refractivity contribution in [2.24, 2.45) is 0 Å². The van der Waals surface area contributed by atoms with Crippen molar-refractivity contribution in [3.05, 3.63) is 35.4 Å². The standard InChI is InChI=1S/C13H16O6/c14-5-9-10(15)11(16)12(17)13(19-9)8-4-2-1-3-7(8)6-18-13/h1-4,9-12,14-17H,5-6H2/t9-,10-,11+,12-,13+/m1/s1. The molecule has 1 spiro atoms. The van der Waals surface area contributed by atoms with E-state index in [2.05, 4.69) is 0 Å². The molecule has 1 saturated heterocycles. The molecule has 6 nitrogen and oxygen atoms in total. The van der Waals surface area contributed by atoms with Crippen LogP contribution < -0.4 is 0 Å². The summed E-state index contributed by atoms with van der Waals surface area (Å²) < 4.78 is 11.1. The summed E-state index contributed by atoms with van der Waals surface area (Å²) >= 11 is 0. The third-order valence-electron chi connectivity index (χ3n) is 3.78. The van der Waals surface area contributed by atoms with E-state index in [4.69, 9.17) is 9.47 Å². The molecule has 0 unspecified atom stereocenters. The molecule has 0 amide bonds. The first-order valence-electron chi connectivity index (χ1n) is 6.15. The Morgan fingerprint density at radius 3 is 2.63 bits per heavy atom. The summed E-state index contributed by atoms with van der Waals surface area (Å²) in [6.45, 7) is -0.230. The molecule has 2 aliphatic heterocycles. The molecule has 0 bridgehead atoms. The fraction of sp³-hybridized carbons (Fsp3) is 0.538. The number of aliphatic hydroxyl groups excluding tert-OH is 4. The maximum Gasteiger partial charge on any atom is 0.225 e. The molecule has 0 aromatic heterocycles. The zero-order valence-electron chi connectivity index (χ0n) is 10.1. The van der Waals surface area contributed by atoms with Gasteiger partial charge in [-0.25, -0.2) is 0 Å². The van der Waals surface area contributed by atoms with Crippen molar-refractivity contribution < 1.29 is 29.9 Å². The average molecular weight is 268 g/mol. The lowest BCUT2D eigenvalue weighted by molar-refractivity contribution is -0.368. The second-order valence-corrected chi connectivity index (χ2v) is 4.88. The van der Waals surface area contributed by atoms with E-state index in [1.54, 1.807) is 12.1 Å². The van der Waals surface area contributed by atoms with E-state index < -0.39 is 36.8 Å². The Labute approximate surface area is 109 Å². The molecule has 4 N–H and O–H groups in total. The summed E-state index contributed by atoms with van der Waals surface area (Å²) in [5, 5.41) is 39.1. The van der Waals surface area contributed by atoms with Crippen molar-refractivity contribution >= 4 is 0 Å². The van der Waals surface area contributed by atoms with Crippen LogP contribution in [0.1, 0.15) is 11.1 Å². The van der Waals surface area contributed by atoms with E-state index in [1.807, 2.05) is 12.1 Å². The first kappa shape index (κ1) is 13.0. The van der Waals surface area contributed by atoms with Crippen molar-refractivity contribution in [1.29, 1.82) is 0 Å². The molecule has 2 heterocycles. The highest BCUT2D eigenvalue weighted by Crippen LogP contribution is 2.45. The SMILES string of the molecule is OC[C@H]1O[C@]2(OCc3ccccc32)[C@H](O)[C@@H](O)[C@@H]1O. The Morgan fingerprint density at radius 2 is 1.89 bits per heavy atom. The maximum atomic E-state index is 10.2. The lowest BCUT2D eigenvalue weighted by Gasteiger charge is -2.46. The minimum absolute atomic E-state index is 0.244. The van der Waals surface area contributed by atoms with Crippen LogP contribution in [0.4, 0.5) is 0 Å². The van der Waals surface area contributed by atoms with E-state index in [1.165, 1.54) is 0 Å². The van der Waals surface area contributed by atoms with Gasteiger partial charge < -0.3 is 29.9 Å². The van der Waals surface area contributed by atoms with Crippen LogP contribution in [-0.4, -0.2) is 51.4 Å². The topological polar surface area (TPSA) is 99.4 Å². The quantitative estimate of drug-likeness (QED) is 0.513. The van der Waals surface area contributed by atoms with E-state index >= 15 is 0 Å². The van der Waals surface area contributed by atoms with Gasteiger partial charge in [-0.2, -0.15) is 0 Å². The first-order valence-corrected chi connectivity index (χ1v) is 6.15. The minimum atomic E-state index is -1.53. The van der Waals surface area contributed by atoms with Gasteiger partial charge in [-0.05, 0) is 5.56 Å². The highest BCUT2D eigenvalue weighted by atomic mass is 16.7. The number of aliphatic hydroxyl groups is 4. The third-order valence-corrected chi connectivity index (χ3v) is 3.78. The Bertz CT molecular complexity index is 476. The van der Waals surface area contributed by atoms with Crippen LogP contribution in [0.5, 0.6) is 0 Å². The van der Waals surface area contributed by atoms with E-state index in [0.717, 1.165) is 5.56 Å². The van der Waals surface area contributed by atoms with Crippen LogP contribution in [0.25, 0.3) is 0 Å². The number of hydrogen-bond donors (Lipinski definition) is 4. The van der Waals surface area contributed by atoms with Crippen LogP contribution in [0, 0.1) is 0 Å². The van der Waals surface area contributed by atoms with Crippen LogP contribution in [0.3, 0.4) is 0 Å². The van der Waals surface area contributed by atoms with Crippen LogP contribution in [0.2, 0.25) is 0 Å². The van der Waals surface area contributed by atoms with Gasteiger partial charge in [0.25, 0.3) is 0 Å². The Balaban J connectivity index is 2.04. The second kappa shape index (κ2) is 4.52. The number of rotatable bonds is 1. The lowest BCUT2D eigenvalue weighted by Crippen LogP contribution is -2.63.